The fourth-order valence-electron chi connectivity index (χ4n) is 0.747. The van der Waals surface area contributed by atoms with E-state index >= 15 is 0 Å². The van der Waals surface area contributed by atoms with Crippen LogP contribution in [0.15, 0.2) is 12.2 Å². The second-order valence-corrected chi connectivity index (χ2v) is 2.78. The van der Waals surface area contributed by atoms with Crippen LogP contribution < -0.4 is 0 Å². The Morgan fingerprint density at radius 1 is 1.70 bits per heavy atom. The molecule has 0 aromatic rings. The van der Waals surface area contributed by atoms with Crippen molar-refractivity contribution >= 4 is 15.9 Å². The van der Waals surface area contributed by atoms with Crippen molar-refractivity contribution < 1.29 is 0 Å². The molecule has 0 aromatic carbocycles. The summed E-state index contributed by atoms with van der Waals surface area (Å²) in [7, 11) is 0. The van der Waals surface area contributed by atoms with Crippen molar-refractivity contribution in [3.8, 4) is 6.07 Å². The van der Waals surface area contributed by atoms with Gasteiger partial charge in [0.15, 0.2) is 0 Å². The van der Waals surface area contributed by atoms with Gasteiger partial charge in [-0.05, 0) is 19.3 Å². The van der Waals surface area contributed by atoms with Gasteiger partial charge < -0.3 is 0 Å². The van der Waals surface area contributed by atoms with Crippen LogP contribution in [0.1, 0.15) is 19.8 Å². The smallest absolute Gasteiger partial charge is 0.0621 e. The lowest BCUT2D eigenvalue weighted by Crippen LogP contribution is -1.96. The molecule has 0 saturated heterocycles. The summed E-state index contributed by atoms with van der Waals surface area (Å²) < 4.78 is 0. The largest absolute Gasteiger partial charge is 0.198 e. The Morgan fingerprint density at radius 3 is 2.80 bits per heavy atom. The summed E-state index contributed by atoms with van der Waals surface area (Å²) in [6, 6.07) is 2.14. The topological polar surface area (TPSA) is 23.8 Å². The molecule has 1 nitrogen and oxygen atoms in total. The summed E-state index contributed by atoms with van der Waals surface area (Å²) in [6.45, 7) is 2.00. The van der Waals surface area contributed by atoms with Gasteiger partial charge in [-0.2, -0.15) is 5.26 Å². The molecule has 10 heavy (non-hydrogen) atoms. The highest BCUT2D eigenvalue weighted by Crippen LogP contribution is 2.10. The van der Waals surface area contributed by atoms with Crippen LogP contribution in [0.4, 0.5) is 0 Å². The van der Waals surface area contributed by atoms with Gasteiger partial charge in [-0.1, -0.05) is 28.1 Å². The third-order valence-electron chi connectivity index (χ3n) is 1.29. The number of rotatable bonds is 4. The molecule has 0 aliphatic rings. The molecular formula is C8H12BrN. The molecule has 0 saturated carbocycles. The number of alkyl halides is 1. The van der Waals surface area contributed by atoms with E-state index in [1.54, 1.807) is 0 Å². The Kier molecular flexibility index (Phi) is 6.63. The Hall–Kier alpha value is -0.290. The van der Waals surface area contributed by atoms with Gasteiger partial charge >= 0.3 is 0 Å². The Morgan fingerprint density at radius 2 is 2.40 bits per heavy atom. The summed E-state index contributed by atoms with van der Waals surface area (Å²) in [5.41, 5.74) is 0. The molecule has 0 radical (unpaired) electrons. The van der Waals surface area contributed by atoms with Crippen molar-refractivity contribution in [1.29, 1.82) is 5.26 Å². The third-order valence-corrected chi connectivity index (χ3v) is 2.12. The van der Waals surface area contributed by atoms with E-state index in [2.05, 4.69) is 28.1 Å². The SMILES string of the molecule is C/C=C/[C@@H](CBr)CCC#N. The standard InChI is InChI=1S/C8H12BrN/c1-2-4-8(7-9)5-3-6-10/h2,4,8H,3,5,7H2,1H3/b4-2+/t8-/m1/s1. The zero-order valence-electron chi connectivity index (χ0n) is 6.18. The van der Waals surface area contributed by atoms with Crippen LogP contribution in [0.3, 0.4) is 0 Å². The van der Waals surface area contributed by atoms with Crippen molar-refractivity contribution in [2.45, 2.75) is 19.8 Å². The van der Waals surface area contributed by atoms with Crippen LogP contribution in [0.5, 0.6) is 0 Å². The van der Waals surface area contributed by atoms with Gasteiger partial charge in [-0.3, -0.25) is 0 Å². The summed E-state index contributed by atoms with van der Waals surface area (Å²) in [5, 5.41) is 9.25. The number of hydrogen-bond acceptors (Lipinski definition) is 1. The van der Waals surface area contributed by atoms with Crippen LogP contribution >= 0.6 is 15.9 Å². The normalized spacial score (nSPS) is 13.3. The lowest BCUT2D eigenvalue weighted by atomic mass is 10.1. The third kappa shape index (κ3) is 4.58. The maximum atomic E-state index is 8.29. The quantitative estimate of drug-likeness (QED) is 0.507. The molecule has 1 atom stereocenters. The predicted molar refractivity (Wildman–Crippen MR) is 46.9 cm³/mol. The zero-order chi connectivity index (χ0) is 7.82. The number of hydrogen-bond donors (Lipinski definition) is 0. The van der Waals surface area contributed by atoms with Crippen LogP contribution in [-0.4, -0.2) is 5.33 Å². The van der Waals surface area contributed by atoms with Crippen molar-refractivity contribution in [1.82, 2.24) is 0 Å². The first-order chi connectivity index (χ1) is 4.85. The number of allylic oxidation sites excluding steroid dienone is 2. The second kappa shape index (κ2) is 6.82. The Labute approximate surface area is 70.9 Å². The zero-order valence-corrected chi connectivity index (χ0v) is 7.76. The number of nitrogens with zero attached hydrogens (tertiary/aromatic N) is 1. The van der Waals surface area contributed by atoms with Crippen molar-refractivity contribution in [3.63, 3.8) is 0 Å². The van der Waals surface area contributed by atoms with E-state index in [4.69, 9.17) is 5.26 Å². The van der Waals surface area contributed by atoms with E-state index in [1.807, 2.05) is 13.0 Å². The van der Waals surface area contributed by atoms with E-state index in [9.17, 15) is 0 Å². The van der Waals surface area contributed by atoms with Gasteiger partial charge in [0.05, 0.1) is 6.07 Å². The molecule has 0 aliphatic heterocycles. The maximum Gasteiger partial charge on any atom is 0.0621 e. The van der Waals surface area contributed by atoms with Gasteiger partial charge in [0.2, 0.25) is 0 Å². The summed E-state index contributed by atoms with van der Waals surface area (Å²) in [4.78, 5) is 0. The van der Waals surface area contributed by atoms with E-state index in [0.717, 1.165) is 11.8 Å². The average molecular weight is 202 g/mol. The van der Waals surface area contributed by atoms with Gasteiger partial charge in [0.25, 0.3) is 0 Å². The number of nitriles is 1. The van der Waals surface area contributed by atoms with Gasteiger partial charge in [0.1, 0.15) is 0 Å². The van der Waals surface area contributed by atoms with Gasteiger partial charge in [-0.25, -0.2) is 0 Å². The molecule has 0 aromatic heterocycles. The fraction of sp³-hybridized carbons (Fsp3) is 0.625. The van der Waals surface area contributed by atoms with Crippen molar-refractivity contribution in [3.05, 3.63) is 12.2 Å². The molecule has 56 valence electrons. The highest BCUT2D eigenvalue weighted by atomic mass is 79.9. The van der Waals surface area contributed by atoms with E-state index < -0.39 is 0 Å². The Balaban J connectivity index is 3.52. The molecule has 0 rings (SSSR count). The highest BCUT2D eigenvalue weighted by Gasteiger charge is 1.99. The van der Waals surface area contributed by atoms with E-state index in [-0.39, 0.29) is 0 Å². The first-order valence-electron chi connectivity index (χ1n) is 3.40. The van der Waals surface area contributed by atoms with Crippen LogP contribution in [0.25, 0.3) is 0 Å². The first kappa shape index (κ1) is 9.71. The minimum absolute atomic E-state index is 0.532. The number of halogens is 1. The predicted octanol–water partition coefficient (Wildman–Crippen LogP) is 2.88. The average Bonchev–Trinajstić information content (AvgIpc) is 1.98. The summed E-state index contributed by atoms with van der Waals surface area (Å²) >= 11 is 3.39. The first-order valence-corrected chi connectivity index (χ1v) is 4.53. The minimum Gasteiger partial charge on any atom is -0.198 e. The molecule has 0 unspecified atom stereocenters. The molecule has 0 heterocycles. The van der Waals surface area contributed by atoms with E-state index in [0.29, 0.717) is 12.3 Å². The fourth-order valence-corrected chi connectivity index (χ4v) is 1.29. The molecular weight excluding hydrogens is 190 g/mol. The highest BCUT2D eigenvalue weighted by molar-refractivity contribution is 9.09. The molecule has 0 spiro atoms. The molecule has 0 N–H and O–H groups in total. The Bertz CT molecular complexity index is 135. The van der Waals surface area contributed by atoms with Crippen molar-refractivity contribution in [2.24, 2.45) is 5.92 Å². The molecule has 0 aliphatic carbocycles. The lowest BCUT2D eigenvalue weighted by Gasteiger charge is -2.03. The van der Waals surface area contributed by atoms with Crippen molar-refractivity contribution in [2.75, 3.05) is 5.33 Å². The minimum atomic E-state index is 0.532. The molecule has 0 bridgehead atoms. The van der Waals surface area contributed by atoms with Crippen LogP contribution in [0, 0.1) is 17.2 Å². The second-order valence-electron chi connectivity index (χ2n) is 2.14. The summed E-state index contributed by atoms with van der Waals surface area (Å²) in [6.07, 6.45) is 5.78. The monoisotopic (exact) mass is 201 g/mol. The van der Waals surface area contributed by atoms with E-state index in [1.165, 1.54) is 0 Å². The summed E-state index contributed by atoms with van der Waals surface area (Å²) in [5.74, 6) is 0.532. The molecule has 0 fully saturated rings. The lowest BCUT2D eigenvalue weighted by molar-refractivity contribution is 0.675. The van der Waals surface area contributed by atoms with Crippen LogP contribution in [0.2, 0.25) is 0 Å². The van der Waals surface area contributed by atoms with Gasteiger partial charge in [0, 0.05) is 11.8 Å². The maximum absolute atomic E-state index is 8.29. The van der Waals surface area contributed by atoms with Crippen LogP contribution in [-0.2, 0) is 0 Å². The van der Waals surface area contributed by atoms with Gasteiger partial charge in [-0.15, -0.1) is 0 Å². The molecule has 2 heteroatoms. The molecule has 0 amide bonds.